The first-order chi connectivity index (χ1) is 15.3. The number of nitrogens with zero attached hydrogens (tertiary/aromatic N) is 3. The van der Waals surface area contributed by atoms with Gasteiger partial charge >= 0.3 is 6.18 Å². The average Bonchev–Trinajstić information content (AvgIpc) is 2.79. The highest BCUT2D eigenvalue weighted by Crippen LogP contribution is 2.34. The van der Waals surface area contributed by atoms with Crippen molar-refractivity contribution in [3.63, 3.8) is 0 Å². The molecule has 0 aliphatic heterocycles. The molecular formula is C23H20F3N5O. The lowest BCUT2D eigenvalue weighted by Crippen LogP contribution is -2.40. The van der Waals surface area contributed by atoms with Crippen LogP contribution in [0.2, 0.25) is 0 Å². The number of halogens is 3. The molecule has 2 heterocycles. The van der Waals surface area contributed by atoms with Gasteiger partial charge in [-0.15, -0.1) is 0 Å². The maximum Gasteiger partial charge on any atom is 0.433 e. The standard InChI is InChI=1S/C23H20F3N5O/c24-23(25,26)21-12-20(18-3-1-2-4-19(18)31-21)29-15-5-7-16(8-6-15)30-22(32)14-9-10-28-17(11-14)13-27/h1-4,9-12,15-16H,5-8H2,(H,29,31)(H,30,32)/t15-,16+. The van der Waals surface area contributed by atoms with Gasteiger partial charge < -0.3 is 10.6 Å². The van der Waals surface area contributed by atoms with E-state index in [0.717, 1.165) is 6.07 Å². The molecule has 4 rings (SSSR count). The summed E-state index contributed by atoms with van der Waals surface area (Å²) in [4.78, 5) is 20.1. The Labute approximate surface area is 182 Å². The van der Waals surface area contributed by atoms with E-state index < -0.39 is 11.9 Å². The lowest BCUT2D eigenvalue weighted by Gasteiger charge is -2.30. The first-order valence-corrected chi connectivity index (χ1v) is 10.2. The topological polar surface area (TPSA) is 90.7 Å². The van der Waals surface area contributed by atoms with Crippen molar-refractivity contribution in [1.82, 2.24) is 15.3 Å². The van der Waals surface area contributed by atoms with Crippen LogP contribution in [0.1, 0.15) is 47.4 Å². The minimum atomic E-state index is -4.53. The number of carbonyl (C=O) groups excluding carboxylic acids is 1. The summed E-state index contributed by atoms with van der Waals surface area (Å²) in [5.41, 5.74) is 0.331. The molecule has 0 unspecified atom stereocenters. The number of alkyl halides is 3. The summed E-state index contributed by atoms with van der Waals surface area (Å²) in [6, 6.07) is 12.7. The Balaban J connectivity index is 1.41. The van der Waals surface area contributed by atoms with E-state index in [1.807, 2.05) is 6.07 Å². The molecule has 3 aromatic rings. The monoisotopic (exact) mass is 439 g/mol. The third kappa shape index (κ3) is 4.80. The number of rotatable bonds is 4. The van der Waals surface area contributed by atoms with Crippen molar-refractivity contribution < 1.29 is 18.0 Å². The highest BCUT2D eigenvalue weighted by molar-refractivity contribution is 5.94. The summed E-state index contributed by atoms with van der Waals surface area (Å²) < 4.78 is 39.8. The molecule has 0 radical (unpaired) electrons. The minimum Gasteiger partial charge on any atom is -0.382 e. The van der Waals surface area contributed by atoms with Gasteiger partial charge in [-0.05, 0) is 49.9 Å². The number of carbonyl (C=O) groups is 1. The van der Waals surface area contributed by atoms with Crippen molar-refractivity contribution in [2.75, 3.05) is 5.32 Å². The summed E-state index contributed by atoms with van der Waals surface area (Å²) in [6.45, 7) is 0. The smallest absolute Gasteiger partial charge is 0.382 e. The fourth-order valence-corrected chi connectivity index (χ4v) is 3.94. The molecule has 164 valence electrons. The highest BCUT2D eigenvalue weighted by atomic mass is 19.4. The van der Waals surface area contributed by atoms with E-state index in [2.05, 4.69) is 20.6 Å². The van der Waals surface area contributed by atoms with E-state index in [1.54, 1.807) is 30.3 Å². The van der Waals surface area contributed by atoms with E-state index in [0.29, 0.717) is 47.8 Å². The molecular weight excluding hydrogens is 419 g/mol. The number of pyridine rings is 2. The second-order valence-electron chi connectivity index (χ2n) is 7.78. The van der Waals surface area contributed by atoms with Crippen molar-refractivity contribution >= 4 is 22.5 Å². The fourth-order valence-electron chi connectivity index (χ4n) is 3.94. The van der Waals surface area contributed by atoms with Crippen molar-refractivity contribution in [1.29, 1.82) is 5.26 Å². The molecule has 0 bridgehead atoms. The fraction of sp³-hybridized carbons (Fsp3) is 0.304. The molecule has 32 heavy (non-hydrogen) atoms. The van der Waals surface area contributed by atoms with Gasteiger partial charge in [0.1, 0.15) is 17.5 Å². The molecule has 1 saturated carbocycles. The van der Waals surface area contributed by atoms with Gasteiger partial charge in [0.2, 0.25) is 0 Å². The molecule has 9 heteroatoms. The second kappa shape index (κ2) is 8.83. The van der Waals surface area contributed by atoms with Gasteiger partial charge in [0.05, 0.1) is 5.52 Å². The van der Waals surface area contributed by atoms with Gasteiger partial charge in [0.25, 0.3) is 5.91 Å². The Morgan fingerprint density at radius 1 is 1.06 bits per heavy atom. The van der Waals surface area contributed by atoms with Crippen LogP contribution in [0.4, 0.5) is 18.9 Å². The summed E-state index contributed by atoms with van der Waals surface area (Å²) in [7, 11) is 0. The van der Waals surface area contributed by atoms with Crippen LogP contribution in [0.3, 0.4) is 0 Å². The van der Waals surface area contributed by atoms with Gasteiger partial charge in [-0.25, -0.2) is 9.97 Å². The minimum absolute atomic E-state index is 0.0128. The summed E-state index contributed by atoms with van der Waals surface area (Å²) in [5, 5.41) is 15.8. The molecule has 1 aliphatic rings. The van der Waals surface area contributed by atoms with Crippen LogP contribution in [0.15, 0.2) is 48.7 Å². The quantitative estimate of drug-likeness (QED) is 0.616. The number of para-hydroxylation sites is 1. The number of aromatic nitrogens is 2. The number of fused-ring (bicyclic) bond motifs is 1. The second-order valence-corrected chi connectivity index (χ2v) is 7.78. The zero-order valence-electron chi connectivity index (χ0n) is 17.0. The first kappa shape index (κ1) is 21.6. The lowest BCUT2D eigenvalue weighted by atomic mass is 9.90. The van der Waals surface area contributed by atoms with Gasteiger partial charge in [-0.1, -0.05) is 18.2 Å². The summed E-state index contributed by atoms with van der Waals surface area (Å²) >= 11 is 0. The third-order valence-corrected chi connectivity index (χ3v) is 5.57. The van der Waals surface area contributed by atoms with Crippen LogP contribution in [0, 0.1) is 11.3 Å². The Kier molecular flexibility index (Phi) is 5.95. The number of nitrogens with one attached hydrogen (secondary N) is 2. The Bertz CT molecular complexity index is 1180. The average molecular weight is 439 g/mol. The number of benzene rings is 1. The van der Waals surface area contributed by atoms with Crippen LogP contribution in [-0.4, -0.2) is 28.0 Å². The molecule has 1 fully saturated rings. The van der Waals surface area contributed by atoms with Crippen LogP contribution in [-0.2, 0) is 6.18 Å². The van der Waals surface area contributed by atoms with Gasteiger partial charge in [0.15, 0.2) is 0 Å². The number of anilines is 1. The van der Waals surface area contributed by atoms with Gasteiger partial charge in [0, 0.05) is 34.9 Å². The highest BCUT2D eigenvalue weighted by Gasteiger charge is 2.33. The maximum absolute atomic E-state index is 13.3. The normalized spacial score (nSPS) is 18.7. The van der Waals surface area contributed by atoms with Gasteiger partial charge in [-0.3, -0.25) is 4.79 Å². The number of amides is 1. The molecule has 2 N–H and O–H groups in total. The molecule has 0 saturated heterocycles. The Hall–Kier alpha value is -3.67. The van der Waals surface area contributed by atoms with E-state index in [9.17, 15) is 18.0 Å². The summed E-state index contributed by atoms with van der Waals surface area (Å²) in [5.74, 6) is -0.268. The lowest BCUT2D eigenvalue weighted by molar-refractivity contribution is -0.140. The molecule has 0 spiro atoms. The molecule has 1 amide bonds. The van der Waals surface area contributed by atoms with Crippen LogP contribution < -0.4 is 10.6 Å². The van der Waals surface area contributed by atoms with Crippen LogP contribution in [0.5, 0.6) is 0 Å². The number of hydrogen-bond donors (Lipinski definition) is 2. The summed E-state index contributed by atoms with van der Waals surface area (Å²) in [6.07, 6.45) is -0.335. The Morgan fingerprint density at radius 3 is 2.50 bits per heavy atom. The maximum atomic E-state index is 13.3. The molecule has 1 aromatic carbocycles. The Morgan fingerprint density at radius 2 is 1.78 bits per heavy atom. The van der Waals surface area contributed by atoms with Crippen molar-refractivity contribution in [2.45, 2.75) is 43.9 Å². The SMILES string of the molecule is N#Cc1cc(C(=O)N[C@H]2CC[C@@H](Nc3cc(C(F)(F)F)nc4ccccc34)CC2)ccn1. The van der Waals surface area contributed by atoms with E-state index in [4.69, 9.17) is 5.26 Å². The van der Waals surface area contributed by atoms with Crippen LogP contribution >= 0.6 is 0 Å². The molecule has 1 aliphatic carbocycles. The number of nitriles is 1. The van der Waals surface area contributed by atoms with Gasteiger partial charge in [-0.2, -0.15) is 18.4 Å². The predicted octanol–water partition coefficient (Wildman–Crippen LogP) is 4.67. The van der Waals surface area contributed by atoms with Crippen LogP contribution in [0.25, 0.3) is 10.9 Å². The molecule has 6 nitrogen and oxygen atoms in total. The zero-order chi connectivity index (χ0) is 22.7. The number of hydrogen-bond acceptors (Lipinski definition) is 5. The third-order valence-electron chi connectivity index (χ3n) is 5.57. The van der Waals surface area contributed by atoms with Crippen molar-refractivity contribution in [3.05, 3.63) is 65.6 Å². The van der Waals surface area contributed by atoms with Crippen molar-refractivity contribution in [3.8, 4) is 6.07 Å². The predicted molar refractivity (Wildman–Crippen MR) is 113 cm³/mol. The van der Waals surface area contributed by atoms with E-state index in [-0.39, 0.29) is 23.7 Å². The van der Waals surface area contributed by atoms with E-state index in [1.165, 1.54) is 12.3 Å². The molecule has 0 atom stereocenters. The molecule has 2 aromatic heterocycles. The largest absolute Gasteiger partial charge is 0.433 e. The van der Waals surface area contributed by atoms with Crippen molar-refractivity contribution in [2.24, 2.45) is 0 Å². The zero-order valence-corrected chi connectivity index (χ0v) is 17.0. The van der Waals surface area contributed by atoms with E-state index >= 15 is 0 Å². The first-order valence-electron chi connectivity index (χ1n) is 10.2.